The van der Waals surface area contributed by atoms with Crippen LogP contribution in [0.25, 0.3) is 11.4 Å². The lowest BCUT2D eigenvalue weighted by Gasteiger charge is -2.15. The quantitative estimate of drug-likeness (QED) is 0.391. The predicted octanol–water partition coefficient (Wildman–Crippen LogP) is 4.63. The molecule has 1 aromatic heterocycles. The number of nitrogens with two attached hydrogens (primary N) is 1. The average molecular weight is 457 g/mol. The van der Waals surface area contributed by atoms with Crippen molar-refractivity contribution in [2.24, 2.45) is 5.73 Å². The van der Waals surface area contributed by atoms with Crippen molar-refractivity contribution < 1.29 is 23.7 Å². The van der Waals surface area contributed by atoms with Gasteiger partial charge in [0.25, 0.3) is 11.8 Å². The van der Waals surface area contributed by atoms with E-state index in [1.165, 1.54) is 14.2 Å². The number of aromatic nitrogens is 2. The summed E-state index contributed by atoms with van der Waals surface area (Å²) in [6.45, 7) is 0.409. The summed E-state index contributed by atoms with van der Waals surface area (Å²) in [4.78, 5) is 21.1. The summed E-state index contributed by atoms with van der Waals surface area (Å²) in [5, 5.41) is 0. The van der Waals surface area contributed by atoms with E-state index in [1.54, 1.807) is 36.4 Å². The molecule has 0 unspecified atom stereocenters. The molecule has 0 saturated heterocycles. The first-order valence-electron chi connectivity index (χ1n) is 10.4. The van der Waals surface area contributed by atoms with E-state index in [0.717, 1.165) is 5.56 Å². The average Bonchev–Trinajstić information content (AvgIpc) is 2.88. The third-order valence-electron chi connectivity index (χ3n) is 4.88. The molecular weight excluding hydrogens is 434 g/mol. The smallest absolute Gasteiger partial charge is 0.271 e. The fraction of sp³-hybridized carbons (Fsp3) is 0.115. The van der Waals surface area contributed by atoms with Gasteiger partial charge in [-0.3, -0.25) is 4.79 Å². The van der Waals surface area contributed by atoms with Crippen molar-refractivity contribution in [2.45, 2.75) is 6.61 Å². The molecule has 0 bridgehead atoms. The number of hydrogen-bond donors (Lipinski definition) is 1. The molecule has 34 heavy (non-hydrogen) atoms. The highest BCUT2D eigenvalue weighted by atomic mass is 16.5. The maximum absolute atomic E-state index is 12.3. The molecule has 0 atom stereocenters. The van der Waals surface area contributed by atoms with Gasteiger partial charge in [0, 0.05) is 5.56 Å². The molecule has 172 valence electrons. The highest BCUT2D eigenvalue weighted by Crippen LogP contribution is 2.38. The number of benzene rings is 3. The normalized spacial score (nSPS) is 10.4. The van der Waals surface area contributed by atoms with Crippen LogP contribution in [-0.2, 0) is 6.61 Å². The highest BCUT2D eigenvalue weighted by molar-refractivity contribution is 5.95. The molecule has 1 heterocycles. The van der Waals surface area contributed by atoms with E-state index < -0.39 is 5.91 Å². The van der Waals surface area contributed by atoms with Crippen LogP contribution in [0, 0.1) is 0 Å². The largest absolute Gasteiger partial charge is 0.493 e. The highest BCUT2D eigenvalue weighted by Gasteiger charge is 2.23. The molecule has 0 fully saturated rings. The lowest BCUT2D eigenvalue weighted by Crippen LogP contribution is -2.16. The number of methoxy groups -OCH3 is 2. The molecule has 8 nitrogen and oxygen atoms in total. The summed E-state index contributed by atoms with van der Waals surface area (Å²) in [6.07, 6.45) is 0. The molecule has 0 saturated carbocycles. The standard InChI is InChI=1S/C26H23N3O5/c1-31-20-13-6-7-14-21(20)34-23-22(24(27)30)28-25(29-26(23)32-2)18-11-8-12-19(15-18)33-16-17-9-4-3-5-10-17/h3-15H,16H2,1-2H3,(H2,27,30). The molecule has 0 spiro atoms. The number of rotatable bonds is 9. The van der Waals surface area contributed by atoms with Gasteiger partial charge in [-0.05, 0) is 29.8 Å². The monoisotopic (exact) mass is 457 g/mol. The number of carbonyl (C=O) groups is 1. The van der Waals surface area contributed by atoms with Gasteiger partial charge in [-0.25, -0.2) is 4.98 Å². The van der Waals surface area contributed by atoms with Crippen LogP contribution in [0.2, 0.25) is 0 Å². The second-order valence-electron chi connectivity index (χ2n) is 7.15. The first kappa shape index (κ1) is 22.6. The first-order chi connectivity index (χ1) is 16.6. The third kappa shape index (κ3) is 5.07. The van der Waals surface area contributed by atoms with Gasteiger partial charge in [-0.2, -0.15) is 4.98 Å². The number of nitrogens with zero attached hydrogens (tertiary/aromatic N) is 2. The Balaban J connectivity index is 1.68. The summed E-state index contributed by atoms with van der Waals surface area (Å²) in [5.74, 6) is 0.955. The van der Waals surface area contributed by atoms with Crippen LogP contribution in [0.1, 0.15) is 16.1 Å². The summed E-state index contributed by atoms with van der Waals surface area (Å²) < 4.78 is 22.6. The number of ether oxygens (including phenoxy) is 4. The van der Waals surface area contributed by atoms with Crippen molar-refractivity contribution in [1.29, 1.82) is 0 Å². The lowest BCUT2D eigenvalue weighted by atomic mass is 10.2. The van der Waals surface area contributed by atoms with E-state index in [9.17, 15) is 4.79 Å². The van der Waals surface area contributed by atoms with Crippen molar-refractivity contribution >= 4 is 5.91 Å². The Morgan fingerprint density at radius 3 is 2.29 bits per heavy atom. The fourth-order valence-corrected chi connectivity index (χ4v) is 3.24. The van der Waals surface area contributed by atoms with E-state index in [0.29, 0.717) is 29.4 Å². The van der Waals surface area contributed by atoms with Crippen LogP contribution >= 0.6 is 0 Å². The van der Waals surface area contributed by atoms with Crippen LogP contribution in [-0.4, -0.2) is 30.1 Å². The van der Waals surface area contributed by atoms with Gasteiger partial charge < -0.3 is 24.7 Å². The molecule has 3 aromatic carbocycles. The zero-order valence-electron chi connectivity index (χ0n) is 18.7. The molecule has 0 aliphatic heterocycles. The van der Waals surface area contributed by atoms with Crippen molar-refractivity contribution in [3.05, 3.63) is 90.1 Å². The van der Waals surface area contributed by atoms with Gasteiger partial charge in [0.1, 0.15) is 12.4 Å². The van der Waals surface area contributed by atoms with Crippen molar-refractivity contribution in [3.63, 3.8) is 0 Å². The van der Waals surface area contributed by atoms with Gasteiger partial charge in [0.15, 0.2) is 23.0 Å². The van der Waals surface area contributed by atoms with E-state index in [-0.39, 0.29) is 23.1 Å². The van der Waals surface area contributed by atoms with Crippen LogP contribution in [0.5, 0.6) is 28.9 Å². The van der Waals surface area contributed by atoms with Crippen molar-refractivity contribution in [1.82, 2.24) is 9.97 Å². The minimum Gasteiger partial charge on any atom is -0.493 e. The number of amides is 1. The number of hydrogen-bond acceptors (Lipinski definition) is 7. The zero-order chi connectivity index (χ0) is 23.9. The van der Waals surface area contributed by atoms with Gasteiger partial charge in [0.05, 0.1) is 14.2 Å². The summed E-state index contributed by atoms with van der Waals surface area (Å²) >= 11 is 0. The van der Waals surface area contributed by atoms with E-state index in [4.69, 9.17) is 24.7 Å². The summed E-state index contributed by atoms with van der Waals surface area (Å²) in [6, 6.07) is 24.0. The Morgan fingerprint density at radius 2 is 1.59 bits per heavy atom. The Morgan fingerprint density at radius 1 is 0.853 bits per heavy atom. The number of para-hydroxylation sites is 2. The van der Waals surface area contributed by atoms with Crippen molar-refractivity contribution in [2.75, 3.05) is 14.2 Å². The number of carbonyl (C=O) groups excluding carboxylic acids is 1. The molecule has 0 aliphatic rings. The molecule has 1 amide bonds. The maximum atomic E-state index is 12.3. The lowest BCUT2D eigenvalue weighted by molar-refractivity contribution is 0.0992. The molecule has 0 aliphatic carbocycles. The van der Waals surface area contributed by atoms with Gasteiger partial charge in [-0.1, -0.05) is 54.6 Å². The van der Waals surface area contributed by atoms with E-state index in [2.05, 4.69) is 9.97 Å². The Labute approximate surface area is 196 Å². The van der Waals surface area contributed by atoms with E-state index in [1.807, 2.05) is 42.5 Å². The zero-order valence-corrected chi connectivity index (χ0v) is 18.7. The Kier molecular flexibility index (Phi) is 6.88. The van der Waals surface area contributed by atoms with Crippen LogP contribution < -0.4 is 24.7 Å². The van der Waals surface area contributed by atoms with Crippen LogP contribution in [0.4, 0.5) is 0 Å². The predicted molar refractivity (Wildman–Crippen MR) is 126 cm³/mol. The molecule has 2 N–H and O–H groups in total. The molecule has 0 radical (unpaired) electrons. The topological polar surface area (TPSA) is 106 Å². The van der Waals surface area contributed by atoms with Crippen LogP contribution in [0.3, 0.4) is 0 Å². The summed E-state index contributed by atoms with van der Waals surface area (Å²) in [5.41, 5.74) is 7.17. The fourth-order valence-electron chi connectivity index (χ4n) is 3.24. The van der Waals surface area contributed by atoms with Gasteiger partial charge in [-0.15, -0.1) is 0 Å². The first-order valence-corrected chi connectivity index (χ1v) is 10.4. The van der Waals surface area contributed by atoms with Crippen molar-refractivity contribution in [3.8, 4) is 40.3 Å². The Bertz CT molecular complexity index is 1290. The van der Waals surface area contributed by atoms with Gasteiger partial charge in [0.2, 0.25) is 5.75 Å². The second kappa shape index (κ2) is 10.4. The SMILES string of the molecule is COc1ccccc1Oc1c(OC)nc(-c2cccc(OCc3ccccc3)c2)nc1C(N)=O. The van der Waals surface area contributed by atoms with E-state index >= 15 is 0 Å². The number of primary amides is 1. The van der Waals surface area contributed by atoms with Gasteiger partial charge >= 0.3 is 0 Å². The summed E-state index contributed by atoms with van der Waals surface area (Å²) in [7, 11) is 2.94. The third-order valence-corrected chi connectivity index (χ3v) is 4.88. The maximum Gasteiger partial charge on any atom is 0.271 e. The molecule has 8 heteroatoms. The van der Waals surface area contributed by atoms with Crippen LogP contribution in [0.15, 0.2) is 78.9 Å². The Hall–Kier alpha value is -4.59. The minimum atomic E-state index is -0.789. The minimum absolute atomic E-state index is 0.000248. The molecular formula is C26H23N3O5. The second-order valence-corrected chi connectivity index (χ2v) is 7.15. The molecule has 4 rings (SSSR count). The molecule has 4 aromatic rings.